The first-order valence-electron chi connectivity index (χ1n) is 4.41. The highest BCUT2D eigenvalue weighted by molar-refractivity contribution is 7.89. The van der Waals surface area contributed by atoms with Crippen molar-refractivity contribution in [1.29, 1.82) is 0 Å². The smallest absolute Gasteiger partial charge is 0.209 e. The molecule has 1 N–H and O–H groups in total. The molecule has 1 aromatic carbocycles. The van der Waals surface area contributed by atoms with Gasteiger partial charge in [0, 0.05) is 11.1 Å². The minimum absolute atomic E-state index is 0.00523. The van der Waals surface area contributed by atoms with Gasteiger partial charge in [0.2, 0.25) is 10.0 Å². The fraction of sp³-hybridized carbons (Fsp3) is 0.333. The highest BCUT2D eigenvalue weighted by Gasteiger charge is 2.22. The number of rotatable bonds is 3. The lowest BCUT2D eigenvalue weighted by atomic mass is 10.4. The summed E-state index contributed by atoms with van der Waals surface area (Å²) in [7, 11) is -3.71. The molecule has 0 saturated heterocycles. The summed E-state index contributed by atoms with van der Waals surface area (Å²) in [5, 5.41) is 0.301. The number of halogens is 3. The molecule has 0 heterocycles. The molecule has 3 nitrogen and oxygen atoms in total. The predicted molar refractivity (Wildman–Crippen MR) is 66.9 cm³/mol. The molecule has 90 valence electrons. The van der Waals surface area contributed by atoms with Crippen LogP contribution in [0, 0.1) is 0 Å². The summed E-state index contributed by atoms with van der Waals surface area (Å²) >= 11 is 17.3. The van der Waals surface area contributed by atoms with E-state index >= 15 is 0 Å². The monoisotopic (exact) mass is 301 g/mol. The number of hydrogen-bond acceptors (Lipinski definition) is 2. The van der Waals surface area contributed by atoms with E-state index in [0.717, 1.165) is 0 Å². The third kappa shape index (κ3) is 3.25. The van der Waals surface area contributed by atoms with E-state index in [9.17, 15) is 8.42 Å². The third-order valence-electron chi connectivity index (χ3n) is 1.62. The number of benzene rings is 1. The molecule has 0 unspecified atom stereocenters. The second-order valence-corrected chi connectivity index (χ2v) is 6.38. The van der Waals surface area contributed by atoms with Crippen molar-refractivity contribution in [3.8, 4) is 0 Å². The SMILES string of the molecule is CC(C)NS(=O)(=O)c1c(Cl)cc(Cl)cc1Cl. The van der Waals surface area contributed by atoms with Crippen LogP contribution in [0.1, 0.15) is 13.8 Å². The summed E-state index contributed by atoms with van der Waals surface area (Å²) in [6.07, 6.45) is 0. The molecule has 0 aliphatic carbocycles. The molecule has 16 heavy (non-hydrogen) atoms. The molecule has 0 spiro atoms. The Balaban J connectivity index is 3.34. The zero-order valence-corrected chi connectivity index (χ0v) is 11.7. The van der Waals surface area contributed by atoms with Gasteiger partial charge in [0.25, 0.3) is 0 Å². The molecule has 7 heteroatoms. The average Bonchev–Trinajstić information content (AvgIpc) is 1.96. The summed E-state index contributed by atoms with van der Waals surface area (Å²) in [6, 6.07) is 2.43. The van der Waals surface area contributed by atoms with Gasteiger partial charge in [0.15, 0.2) is 0 Å². The third-order valence-corrected chi connectivity index (χ3v) is 4.42. The summed E-state index contributed by atoms with van der Waals surface area (Å²) in [4.78, 5) is -0.145. The maximum absolute atomic E-state index is 11.9. The van der Waals surface area contributed by atoms with Gasteiger partial charge >= 0.3 is 0 Å². The van der Waals surface area contributed by atoms with Crippen LogP contribution >= 0.6 is 34.8 Å². The van der Waals surface area contributed by atoms with Crippen LogP contribution in [0.25, 0.3) is 0 Å². The lowest BCUT2D eigenvalue weighted by molar-refractivity contribution is 0.570. The Morgan fingerprint density at radius 1 is 1.12 bits per heavy atom. The van der Waals surface area contributed by atoms with Crippen LogP contribution in [0.4, 0.5) is 0 Å². The summed E-state index contributed by atoms with van der Waals surface area (Å²) in [5.74, 6) is 0. The molecule has 0 amide bonds. The molecule has 0 saturated carbocycles. The Kier molecular flexibility index (Phi) is 4.49. The van der Waals surface area contributed by atoms with Crippen molar-refractivity contribution >= 4 is 44.8 Å². The van der Waals surface area contributed by atoms with E-state index in [-0.39, 0.29) is 21.0 Å². The van der Waals surface area contributed by atoms with Crippen molar-refractivity contribution in [2.24, 2.45) is 0 Å². The van der Waals surface area contributed by atoms with Crippen LogP contribution < -0.4 is 4.72 Å². The van der Waals surface area contributed by atoms with Crippen LogP contribution in [-0.4, -0.2) is 14.5 Å². The normalized spacial score (nSPS) is 12.1. The van der Waals surface area contributed by atoms with E-state index in [1.807, 2.05) is 0 Å². The molecule has 0 atom stereocenters. The Labute approximate surface area is 110 Å². The Morgan fingerprint density at radius 3 is 1.94 bits per heavy atom. The quantitative estimate of drug-likeness (QED) is 0.931. The van der Waals surface area contributed by atoms with Crippen molar-refractivity contribution in [1.82, 2.24) is 4.72 Å². The van der Waals surface area contributed by atoms with E-state index in [0.29, 0.717) is 5.02 Å². The van der Waals surface area contributed by atoms with Crippen molar-refractivity contribution in [2.75, 3.05) is 0 Å². The zero-order valence-electron chi connectivity index (χ0n) is 8.59. The number of hydrogen-bond donors (Lipinski definition) is 1. The van der Waals surface area contributed by atoms with E-state index in [4.69, 9.17) is 34.8 Å². The molecule has 1 aromatic rings. The molecule has 0 aliphatic rings. The summed E-state index contributed by atoms with van der Waals surface area (Å²) in [6.45, 7) is 3.41. The van der Waals surface area contributed by atoms with Crippen LogP contribution in [0.5, 0.6) is 0 Å². The largest absolute Gasteiger partial charge is 0.243 e. The van der Waals surface area contributed by atoms with Crippen molar-refractivity contribution in [3.63, 3.8) is 0 Å². The van der Waals surface area contributed by atoms with Gasteiger partial charge < -0.3 is 0 Å². The highest BCUT2D eigenvalue weighted by atomic mass is 35.5. The zero-order chi connectivity index (χ0) is 12.5. The lowest BCUT2D eigenvalue weighted by Gasteiger charge is -2.12. The first-order chi connectivity index (χ1) is 7.24. The van der Waals surface area contributed by atoms with E-state index in [1.54, 1.807) is 13.8 Å². The minimum Gasteiger partial charge on any atom is -0.209 e. The van der Waals surface area contributed by atoms with Crippen LogP contribution in [0.15, 0.2) is 17.0 Å². The van der Waals surface area contributed by atoms with E-state index in [2.05, 4.69) is 4.72 Å². The van der Waals surface area contributed by atoms with Gasteiger partial charge in [-0.2, -0.15) is 0 Å². The van der Waals surface area contributed by atoms with E-state index < -0.39 is 10.0 Å². The van der Waals surface area contributed by atoms with Gasteiger partial charge in [0.1, 0.15) is 4.90 Å². The van der Waals surface area contributed by atoms with Gasteiger partial charge in [-0.15, -0.1) is 0 Å². The fourth-order valence-corrected chi connectivity index (χ4v) is 3.95. The Bertz CT molecular complexity index is 476. The van der Waals surface area contributed by atoms with Gasteiger partial charge in [-0.3, -0.25) is 0 Å². The van der Waals surface area contributed by atoms with Gasteiger partial charge in [0.05, 0.1) is 10.0 Å². The average molecular weight is 303 g/mol. The first kappa shape index (κ1) is 14.1. The van der Waals surface area contributed by atoms with E-state index in [1.165, 1.54) is 12.1 Å². The molecule has 0 bridgehead atoms. The van der Waals surface area contributed by atoms with Crippen molar-refractivity contribution < 1.29 is 8.42 Å². The van der Waals surface area contributed by atoms with Gasteiger partial charge in [-0.25, -0.2) is 13.1 Å². The molecular formula is C9H10Cl3NO2S. The van der Waals surface area contributed by atoms with Crippen molar-refractivity contribution in [2.45, 2.75) is 24.8 Å². The molecule has 0 aliphatic heterocycles. The lowest BCUT2D eigenvalue weighted by Crippen LogP contribution is -2.30. The molecule has 0 aromatic heterocycles. The van der Waals surface area contributed by atoms with Crippen LogP contribution in [0.2, 0.25) is 15.1 Å². The molecule has 0 fully saturated rings. The Morgan fingerprint density at radius 2 is 1.56 bits per heavy atom. The Hall–Kier alpha value is -0.000000000000000111. The van der Waals surface area contributed by atoms with Crippen LogP contribution in [0.3, 0.4) is 0 Å². The molecule has 1 rings (SSSR count). The standard InChI is InChI=1S/C9H10Cl3NO2S/c1-5(2)13-16(14,15)9-7(11)3-6(10)4-8(9)12/h3-5,13H,1-2H3. The highest BCUT2D eigenvalue weighted by Crippen LogP contribution is 2.32. The molecule has 0 radical (unpaired) electrons. The molecular weight excluding hydrogens is 293 g/mol. The first-order valence-corrected chi connectivity index (χ1v) is 7.02. The van der Waals surface area contributed by atoms with Crippen LogP contribution in [-0.2, 0) is 10.0 Å². The number of sulfonamides is 1. The fourth-order valence-electron chi connectivity index (χ4n) is 1.15. The maximum atomic E-state index is 11.9. The van der Waals surface area contributed by atoms with Crippen molar-refractivity contribution in [3.05, 3.63) is 27.2 Å². The second kappa shape index (κ2) is 5.10. The summed E-state index contributed by atoms with van der Waals surface area (Å²) in [5.41, 5.74) is 0. The minimum atomic E-state index is -3.71. The van der Waals surface area contributed by atoms with Gasteiger partial charge in [-0.05, 0) is 26.0 Å². The number of nitrogens with one attached hydrogen (secondary N) is 1. The second-order valence-electron chi connectivity index (χ2n) is 3.47. The van der Waals surface area contributed by atoms with Gasteiger partial charge in [-0.1, -0.05) is 34.8 Å². The predicted octanol–water partition coefficient (Wildman–Crippen LogP) is 3.33. The topological polar surface area (TPSA) is 46.2 Å². The maximum Gasteiger partial charge on any atom is 0.243 e. The summed E-state index contributed by atoms with van der Waals surface area (Å²) < 4.78 is 26.1.